The number of aromatic nitrogens is 6. The molecule has 84 valence electrons. The van der Waals surface area contributed by atoms with E-state index in [1.54, 1.807) is 6.07 Å². The largest absolute Gasteiger partial charge is 0.382 e. The number of anilines is 1. The summed E-state index contributed by atoms with van der Waals surface area (Å²) in [4.78, 5) is 10.4. The molecule has 10 heteroatoms. The van der Waals surface area contributed by atoms with Crippen molar-refractivity contribution in [1.29, 1.82) is 0 Å². The zero-order chi connectivity index (χ0) is 12.0. The van der Waals surface area contributed by atoms with E-state index < -0.39 is 0 Å². The Morgan fingerprint density at radius 2 is 1.44 bits per heavy atom. The second-order valence-corrected chi connectivity index (χ2v) is 3.20. The number of hydrogen-bond donors (Lipinski definition) is 1. The summed E-state index contributed by atoms with van der Waals surface area (Å²) in [6.45, 7) is 0. The molecule has 0 aliphatic carbocycles. The van der Waals surface area contributed by atoms with Crippen LogP contribution in [0.4, 0.5) is 5.82 Å². The van der Waals surface area contributed by atoms with Crippen LogP contribution in [0.15, 0.2) is 12.3 Å². The van der Waals surface area contributed by atoms with Gasteiger partial charge in [0.1, 0.15) is 5.82 Å². The molecule has 0 fully saturated rings. The lowest BCUT2D eigenvalue weighted by molar-refractivity contribution is 0.873. The van der Waals surface area contributed by atoms with Crippen LogP contribution >= 0.6 is 34.8 Å². The number of nitrogens with two attached hydrogens (primary N) is 1. The lowest BCUT2D eigenvalue weighted by Gasteiger charge is -1.88. The predicted octanol–water partition coefficient (Wildman–Crippen LogP) is 1.29. The van der Waals surface area contributed by atoms with Crippen molar-refractivity contribution in [2.45, 2.75) is 0 Å². The molecule has 16 heavy (non-hydrogen) atoms. The van der Waals surface area contributed by atoms with Gasteiger partial charge in [0, 0.05) is 6.07 Å². The van der Waals surface area contributed by atoms with Crippen molar-refractivity contribution in [3.63, 3.8) is 0 Å². The molecule has 2 rings (SSSR count). The van der Waals surface area contributed by atoms with Gasteiger partial charge in [-0.2, -0.15) is 15.0 Å². The third kappa shape index (κ3) is 4.96. The molecule has 0 bridgehead atoms. The van der Waals surface area contributed by atoms with Gasteiger partial charge in [0.15, 0.2) is 0 Å². The fourth-order valence-corrected chi connectivity index (χ4v) is 1.16. The van der Waals surface area contributed by atoms with Gasteiger partial charge in [0.25, 0.3) is 0 Å². The highest BCUT2D eigenvalue weighted by molar-refractivity contribution is 6.33. The average Bonchev–Trinajstić information content (AvgIpc) is 2.17. The van der Waals surface area contributed by atoms with Crippen LogP contribution in [0, 0.1) is 0 Å². The highest BCUT2D eigenvalue weighted by Crippen LogP contribution is 2.08. The molecule has 0 aromatic carbocycles. The monoisotopic (exact) mass is 279 g/mol. The Morgan fingerprint density at radius 1 is 0.938 bits per heavy atom. The average molecular weight is 281 g/mol. The van der Waals surface area contributed by atoms with E-state index in [4.69, 9.17) is 40.5 Å². The van der Waals surface area contributed by atoms with Crippen LogP contribution < -0.4 is 5.73 Å². The molecular weight excluding hydrogens is 276 g/mol. The van der Waals surface area contributed by atoms with Crippen molar-refractivity contribution in [1.82, 2.24) is 30.4 Å². The SMILES string of the molecule is Clc1nc(Cl)nc(Cl)n1.Nc1ccnnn1. The Balaban J connectivity index is 0.000000165. The summed E-state index contributed by atoms with van der Waals surface area (Å²) >= 11 is 16.0. The third-order valence-electron chi connectivity index (χ3n) is 1.08. The number of nitrogens with zero attached hydrogens (tertiary/aromatic N) is 6. The number of nitrogen functional groups attached to an aromatic ring is 1. The zero-order valence-corrected chi connectivity index (χ0v) is 9.82. The minimum Gasteiger partial charge on any atom is -0.382 e. The van der Waals surface area contributed by atoms with Crippen molar-refractivity contribution in [3.8, 4) is 0 Å². The Kier molecular flexibility index (Phi) is 5.03. The fraction of sp³-hybridized carbons (Fsp3) is 0. The number of hydrogen-bond acceptors (Lipinski definition) is 7. The van der Waals surface area contributed by atoms with Gasteiger partial charge in [-0.3, -0.25) is 0 Å². The predicted molar refractivity (Wildman–Crippen MR) is 59.1 cm³/mol. The summed E-state index contributed by atoms with van der Waals surface area (Å²) in [5, 5.41) is 10.1. The Hall–Kier alpha value is -1.31. The molecule has 0 spiro atoms. The first-order chi connectivity index (χ1) is 7.58. The second kappa shape index (κ2) is 6.31. The smallest absolute Gasteiger partial charge is 0.227 e. The van der Waals surface area contributed by atoms with E-state index in [1.165, 1.54) is 6.20 Å². The number of rotatable bonds is 0. The van der Waals surface area contributed by atoms with Gasteiger partial charge in [-0.15, -0.1) is 10.2 Å². The van der Waals surface area contributed by atoms with Gasteiger partial charge in [0.2, 0.25) is 15.9 Å². The normalized spacial score (nSPS) is 9.19. The van der Waals surface area contributed by atoms with E-state index in [-0.39, 0.29) is 15.9 Å². The molecule has 7 nitrogen and oxygen atoms in total. The van der Waals surface area contributed by atoms with Crippen LogP contribution in [0.25, 0.3) is 0 Å². The first-order valence-corrected chi connectivity index (χ1v) is 4.83. The molecule has 0 saturated carbocycles. The van der Waals surface area contributed by atoms with E-state index in [9.17, 15) is 0 Å². The van der Waals surface area contributed by atoms with E-state index in [1.807, 2.05) is 0 Å². The molecule has 0 radical (unpaired) electrons. The van der Waals surface area contributed by atoms with Gasteiger partial charge >= 0.3 is 0 Å². The Bertz CT molecular complexity index is 401. The van der Waals surface area contributed by atoms with Gasteiger partial charge in [0.05, 0.1) is 6.20 Å². The van der Waals surface area contributed by atoms with E-state index >= 15 is 0 Å². The Labute approximate surface area is 105 Å². The molecule has 0 unspecified atom stereocenters. The summed E-state index contributed by atoms with van der Waals surface area (Å²) in [6.07, 6.45) is 1.49. The molecule has 0 aliphatic heterocycles. The van der Waals surface area contributed by atoms with Crippen molar-refractivity contribution in [3.05, 3.63) is 28.1 Å². The van der Waals surface area contributed by atoms with Crippen LogP contribution in [0.1, 0.15) is 0 Å². The van der Waals surface area contributed by atoms with E-state index in [0.29, 0.717) is 5.82 Å². The van der Waals surface area contributed by atoms with Crippen LogP contribution in [0.2, 0.25) is 15.9 Å². The van der Waals surface area contributed by atoms with E-state index in [2.05, 4.69) is 30.4 Å². The minimum absolute atomic E-state index is 0.000000000000000444. The summed E-state index contributed by atoms with van der Waals surface area (Å²) in [6, 6.07) is 1.58. The maximum Gasteiger partial charge on any atom is 0.227 e. The topological polar surface area (TPSA) is 103 Å². The van der Waals surface area contributed by atoms with Gasteiger partial charge in [-0.05, 0) is 40.0 Å². The summed E-state index contributed by atoms with van der Waals surface area (Å²) < 4.78 is 0. The van der Waals surface area contributed by atoms with Gasteiger partial charge < -0.3 is 5.73 Å². The van der Waals surface area contributed by atoms with Crippen molar-refractivity contribution in [2.24, 2.45) is 0 Å². The van der Waals surface area contributed by atoms with Crippen molar-refractivity contribution >= 4 is 40.6 Å². The van der Waals surface area contributed by atoms with Crippen molar-refractivity contribution in [2.75, 3.05) is 5.73 Å². The summed E-state index contributed by atoms with van der Waals surface area (Å²) in [7, 11) is 0. The summed E-state index contributed by atoms with van der Waals surface area (Å²) in [5.74, 6) is 0.398. The maximum atomic E-state index is 5.32. The first-order valence-electron chi connectivity index (χ1n) is 3.70. The highest BCUT2D eigenvalue weighted by atomic mass is 35.5. The van der Waals surface area contributed by atoms with Gasteiger partial charge in [-0.1, -0.05) is 0 Å². The molecular formula is C6H4Cl3N7. The second-order valence-electron chi connectivity index (χ2n) is 2.19. The van der Waals surface area contributed by atoms with Crippen LogP contribution in [-0.2, 0) is 0 Å². The molecule has 0 saturated heterocycles. The van der Waals surface area contributed by atoms with Crippen molar-refractivity contribution < 1.29 is 0 Å². The molecule has 0 aliphatic rings. The molecule has 2 aromatic heterocycles. The lowest BCUT2D eigenvalue weighted by atomic mass is 10.6. The van der Waals surface area contributed by atoms with Crippen LogP contribution in [0.5, 0.6) is 0 Å². The molecule has 2 aromatic rings. The maximum absolute atomic E-state index is 5.32. The third-order valence-corrected chi connectivity index (χ3v) is 1.58. The molecule has 2 heterocycles. The number of halogens is 3. The van der Waals surface area contributed by atoms with Gasteiger partial charge in [-0.25, -0.2) is 0 Å². The quantitative estimate of drug-likeness (QED) is 0.775. The van der Waals surface area contributed by atoms with Crippen LogP contribution in [-0.4, -0.2) is 30.4 Å². The minimum atomic E-state index is 0.000000000000000444. The van der Waals surface area contributed by atoms with E-state index in [0.717, 1.165) is 0 Å². The standard InChI is InChI=1S/C3Cl3N3.C3H4N4/c4-1-7-2(5)9-3(6)8-1;4-3-1-2-5-7-6-3/h;1-2H,(H2,4,5,6). The fourth-order valence-electron chi connectivity index (χ4n) is 0.554. The molecule has 0 amide bonds. The molecule has 2 N–H and O–H groups in total. The van der Waals surface area contributed by atoms with Crippen LogP contribution in [0.3, 0.4) is 0 Å². The zero-order valence-electron chi connectivity index (χ0n) is 7.55. The lowest BCUT2D eigenvalue weighted by Crippen LogP contribution is -1.91. The molecule has 0 atom stereocenters. The summed E-state index contributed by atoms with van der Waals surface area (Å²) in [5.41, 5.74) is 5.14. The first kappa shape index (κ1) is 12.8. The Morgan fingerprint density at radius 3 is 1.69 bits per heavy atom. The highest BCUT2D eigenvalue weighted by Gasteiger charge is 1.97.